The summed E-state index contributed by atoms with van der Waals surface area (Å²) in [6.07, 6.45) is 0.206. The molecule has 0 aliphatic carbocycles. The fourth-order valence-corrected chi connectivity index (χ4v) is 3.95. The average molecular weight is 312 g/mol. The van der Waals surface area contributed by atoms with Crippen molar-refractivity contribution in [1.29, 1.82) is 0 Å². The molecular weight excluding hydrogens is 292 g/mol. The van der Waals surface area contributed by atoms with Gasteiger partial charge < -0.3 is 10.1 Å². The Morgan fingerprint density at radius 1 is 1.38 bits per heavy atom. The Hall–Kier alpha value is -1.44. The van der Waals surface area contributed by atoms with Crippen molar-refractivity contribution in [3.63, 3.8) is 0 Å². The molecular formula is C14H20N2O4S. The van der Waals surface area contributed by atoms with E-state index in [-0.39, 0.29) is 18.6 Å². The molecule has 1 aromatic rings. The van der Waals surface area contributed by atoms with Crippen molar-refractivity contribution >= 4 is 21.6 Å². The van der Waals surface area contributed by atoms with Gasteiger partial charge in [-0.25, -0.2) is 13.1 Å². The minimum atomic E-state index is -3.44. The van der Waals surface area contributed by atoms with Crippen LogP contribution in [0.3, 0.4) is 0 Å². The number of rotatable bonds is 5. The van der Waals surface area contributed by atoms with Crippen LogP contribution in [0, 0.1) is 0 Å². The number of sulfonamides is 1. The van der Waals surface area contributed by atoms with Crippen molar-refractivity contribution < 1.29 is 17.9 Å². The van der Waals surface area contributed by atoms with Gasteiger partial charge in [-0.2, -0.15) is 0 Å². The summed E-state index contributed by atoms with van der Waals surface area (Å²) in [5, 5.41) is 2.17. The van der Waals surface area contributed by atoms with Crippen LogP contribution < -0.4 is 10.0 Å². The van der Waals surface area contributed by atoms with Crippen molar-refractivity contribution in [3.05, 3.63) is 29.8 Å². The number of benzene rings is 1. The number of anilines is 1. The lowest BCUT2D eigenvalue weighted by Gasteiger charge is -2.17. The van der Waals surface area contributed by atoms with Crippen LogP contribution in [0.2, 0.25) is 0 Å². The second-order valence-electron chi connectivity index (χ2n) is 5.11. The molecule has 2 atom stereocenters. The van der Waals surface area contributed by atoms with Crippen LogP contribution in [0.4, 0.5) is 5.69 Å². The Kier molecular flexibility index (Phi) is 4.97. The van der Waals surface area contributed by atoms with Crippen molar-refractivity contribution in [2.24, 2.45) is 0 Å². The first-order valence-electron chi connectivity index (χ1n) is 6.86. The van der Waals surface area contributed by atoms with Crippen molar-refractivity contribution in [2.45, 2.75) is 38.2 Å². The van der Waals surface area contributed by atoms with Gasteiger partial charge in [0.05, 0.1) is 6.10 Å². The highest BCUT2D eigenvalue weighted by Crippen LogP contribution is 2.21. The maximum absolute atomic E-state index is 12.3. The molecule has 2 N–H and O–H groups in total. The van der Waals surface area contributed by atoms with E-state index in [0.717, 1.165) is 5.56 Å². The Morgan fingerprint density at radius 2 is 2.10 bits per heavy atom. The molecule has 116 valence electrons. The second kappa shape index (κ2) is 6.55. The maximum Gasteiger partial charge on any atom is 0.221 e. The summed E-state index contributed by atoms with van der Waals surface area (Å²) < 4.78 is 32.4. The summed E-state index contributed by atoms with van der Waals surface area (Å²) in [6, 6.07) is 7.11. The van der Waals surface area contributed by atoms with Crippen molar-refractivity contribution in [1.82, 2.24) is 4.72 Å². The fourth-order valence-electron chi connectivity index (χ4n) is 2.39. The van der Waals surface area contributed by atoms with E-state index in [2.05, 4.69) is 10.0 Å². The van der Waals surface area contributed by atoms with Crippen LogP contribution in [-0.2, 0) is 26.1 Å². The summed E-state index contributed by atoms with van der Waals surface area (Å²) in [5.41, 5.74) is 1.34. The highest BCUT2D eigenvalue weighted by molar-refractivity contribution is 7.90. The summed E-state index contributed by atoms with van der Waals surface area (Å²) >= 11 is 0. The summed E-state index contributed by atoms with van der Waals surface area (Å²) in [7, 11) is -3.44. The van der Waals surface area contributed by atoms with Gasteiger partial charge in [0.15, 0.2) is 0 Å². The Balaban J connectivity index is 2.07. The maximum atomic E-state index is 12.3. The Morgan fingerprint density at radius 3 is 2.71 bits per heavy atom. The van der Waals surface area contributed by atoms with E-state index in [1.165, 1.54) is 6.92 Å². The van der Waals surface area contributed by atoms with Gasteiger partial charge in [0.25, 0.3) is 0 Å². The van der Waals surface area contributed by atoms with Gasteiger partial charge in [-0.15, -0.1) is 0 Å². The van der Waals surface area contributed by atoms with Crippen LogP contribution in [0.15, 0.2) is 24.3 Å². The zero-order chi connectivity index (χ0) is 15.5. The monoisotopic (exact) mass is 312 g/mol. The molecule has 0 bridgehead atoms. The summed E-state index contributed by atoms with van der Waals surface area (Å²) in [4.78, 5) is 11.2. The SMILES string of the molecule is CC(=O)Nc1ccccc1CNS(=O)(=O)C1CCOC1C. The van der Waals surface area contributed by atoms with Gasteiger partial charge in [0, 0.05) is 25.8 Å². The van der Waals surface area contributed by atoms with Crippen LogP contribution in [0.5, 0.6) is 0 Å². The molecule has 2 unspecified atom stereocenters. The molecule has 0 saturated carbocycles. The molecule has 0 radical (unpaired) electrons. The molecule has 1 heterocycles. The van der Waals surface area contributed by atoms with E-state index >= 15 is 0 Å². The Bertz CT molecular complexity index is 615. The van der Waals surface area contributed by atoms with E-state index in [1.54, 1.807) is 31.2 Å². The van der Waals surface area contributed by atoms with Gasteiger partial charge in [0.1, 0.15) is 5.25 Å². The van der Waals surface area contributed by atoms with Crippen LogP contribution >= 0.6 is 0 Å². The van der Waals surface area contributed by atoms with Crippen molar-refractivity contribution in [2.75, 3.05) is 11.9 Å². The number of nitrogens with one attached hydrogen (secondary N) is 2. The van der Waals surface area contributed by atoms with Crippen molar-refractivity contribution in [3.8, 4) is 0 Å². The summed E-state index contributed by atoms with van der Waals surface area (Å²) in [5.74, 6) is -0.192. The molecule has 1 aromatic carbocycles. The van der Waals surface area contributed by atoms with Gasteiger partial charge in [-0.1, -0.05) is 18.2 Å². The number of hydrogen-bond acceptors (Lipinski definition) is 4. The standard InChI is InChI=1S/C14H20N2O4S/c1-10-14(7-8-20-10)21(18,19)15-9-12-5-3-4-6-13(12)16-11(2)17/h3-6,10,14-15H,7-9H2,1-2H3,(H,16,17). The number of para-hydroxylation sites is 1. The van der Waals surface area contributed by atoms with E-state index in [0.29, 0.717) is 18.7 Å². The third-order valence-corrected chi connectivity index (χ3v) is 5.46. The topological polar surface area (TPSA) is 84.5 Å². The van der Waals surface area contributed by atoms with Crippen LogP contribution in [0.1, 0.15) is 25.8 Å². The smallest absolute Gasteiger partial charge is 0.221 e. The third-order valence-electron chi connectivity index (χ3n) is 3.50. The minimum absolute atomic E-state index is 0.141. The average Bonchev–Trinajstić information content (AvgIpc) is 2.84. The number of carbonyl (C=O) groups excluding carboxylic acids is 1. The molecule has 21 heavy (non-hydrogen) atoms. The minimum Gasteiger partial charge on any atom is -0.377 e. The molecule has 0 aromatic heterocycles. The number of ether oxygens (including phenoxy) is 1. The van der Waals surface area contributed by atoms with Gasteiger partial charge >= 0.3 is 0 Å². The predicted molar refractivity (Wildman–Crippen MR) is 80.3 cm³/mol. The lowest BCUT2D eigenvalue weighted by Crippen LogP contribution is -2.37. The molecule has 1 amide bonds. The van der Waals surface area contributed by atoms with E-state index in [4.69, 9.17) is 4.74 Å². The first-order valence-corrected chi connectivity index (χ1v) is 8.40. The molecule has 1 fully saturated rings. The largest absolute Gasteiger partial charge is 0.377 e. The molecule has 1 aliphatic rings. The van der Waals surface area contributed by atoms with E-state index < -0.39 is 15.3 Å². The number of hydrogen-bond donors (Lipinski definition) is 2. The quantitative estimate of drug-likeness (QED) is 0.857. The highest BCUT2D eigenvalue weighted by Gasteiger charge is 2.35. The highest BCUT2D eigenvalue weighted by atomic mass is 32.2. The van der Waals surface area contributed by atoms with Gasteiger partial charge in [0.2, 0.25) is 15.9 Å². The molecule has 1 saturated heterocycles. The molecule has 1 aliphatic heterocycles. The van der Waals surface area contributed by atoms with Gasteiger partial charge in [-0.3, -0.25) is 4.79 Å². The summed E-state index contributed by atoms with van der Waals surface area (Å²) in [6.45, 7) is 3.79. The normalized spacial score (nSPS) is 22.2. The van der Waals surface area contributed by atoms with Crippen LogP contribution in [0.25, 0.3) is 0 Å². The molecule has 6 nitrogen and oxygen atoms in total. The third kappa shape index (κ3) is 4.03. The van der Waals surface area contributed by atoms with E-state index in [9.17, 15) is 13.2 Å². The first kappa shape index (κ1) is 15.9. The second-order valence-corrected chi connectivity index (χ2v) is 7.09. The first-order chi connectivity index (χ1) is 9.90. The Labute approximate surface area is 124 Å². The number of amides is 1. The zero-order valence-corrected chi connectivity index (χ0v) is 12.9. The van der Waals surface area contributed by atoms with E-state index in [1.807, 2.05) is 0 Å². The molecule has 2 rings (SSSR count). The zero-order valence-electron chi connectivity index (χ0n) is 12.1. The fraction of sp³-hybridized carbons (Fsp3) is 0.500. The van der Waals surface area contributed by atoms with Crippen LogP contribution in [-0.4, -0.2) is 32.3 Å². The molecule has 0 spiro atoms. The number of carbonyl (C=O) groups is 1. The predicted octanol–water partition coefficient (Wildman–Crippen LogP) is 1.24. The van der Waals surface area contributed by atoms with Gasteiger partial charge in [-0.05, 0) is 25.0 Å². The lowest BCUT2D eigenvalue weighted by atomic mass is 10.2. The lowest BCUT2D eigenvalue weighted by molar-refractivity contribution is -0.114. The molecule has 7 heteroatoms.